The van der Waals surface area contributed by atoms with Crippen molar-refractivity contribution in [1.29, 1.82) is 0 Å². The second-order valence-corrected chi connectivity index (χ2v) is 10.3. The molecule has 0 heterocycles. The summed E-state index contributed by atoms with van der Waals surface area (Å²) in [5, 5.41) is 6.65. The van der Waals surface area contributed by atoms with Crippen LogP contribution >= 0.6 is 0 Å². The molecule has 0 aromatic heterocycles. The second-order valence-electron chi connectivity index (χ2n) is 10.3. The Morgan fingerprint density at radius 1 is 0.500 bits per heavy atom. The van der Waals surface area contributed by atoms with Gasteiger partial charge in [0.15, 0.2) is 0 Å². The molecule has 0 saturated heterocycles. The predicted octanol–water partition coefficient (Wildman–Crippen LogP) is 7.62. The molecule has 0 radical (unpaired) electrons. The molecule has 0 saturated carbocycles. The molecule has 0 spiro atoms. The van der Waals surface area contributed by atoms with E-state index in [1.165, 1.54) is 12.2 Å². The lowest BCUT2D eigenvalue weighted by atomic mass is 9.91. The Morgan fingerprint density at radius 3 is 1.00 bits per heavy atom. The summed E-state index contributed by atoms with van der Waals surface area (Å²) >= 11 is 0. The summed E-state index contributed by atoms with van der Waals surface area (Å²) in [6, 6.07) is 12.4. The fraction of sp³-hybridized carbons (Fsp3) is 0.400. The highest BCUT2D eigenvalue weighted by Crippen LogP contribution is 2.35. The first kappa shape index (κ1) is 25.5. The molecule has 0 atom stereocenters. The van der Waals surface area contributed by atoms with Crippen molar-refractivity contribution in [1.82, 2.24) is 0 Å². The number of rotatable bonds is 8. The third-order valence-electron chi connectivity index (χ3n) is 6.35. The van der Waals surface area contributed by atoms with Crippen molar-refractivity contribution in [3.05, 3.63) is 82.2 Å². The number of benzene rings is 2. The van der Waals surface area contributed by atoms with Gasteiger partial charge in [-0.25, -0.2) is 0 Å². The Balaban J connectivity index is 1.95. The maximum atomic E-state index is 13.1. The number of allylic oxidation sites excluding steroid dienone is 2. The Hall–Kier alpha value is -3.14. The molecule has 2 N–H and O–H groups in total. The number of carbonyl (C=O) groups is 2. The van der Waals surface area contributed by atoms with Gasteiger partial charge >= 0.3 is 0 Å². The highest BCUT2D eigenvalue weighted by molar-refractivity contribution is 6.22. The molecule has 1 aliphatic rings. The van der Waals surface area contributed by atoms with Gasteiger partial charge in [-0.1, -0.05) is 91.8 Å². The molecule has 34 heavy (non-hydrogen) atoms. The highest BCUT2D eigenvalue weighted by atomic mass is 16.1. The Morgan fingerprint density at radius 2 is 0.765 bits per heavy atom. The van der Waals surface area contributed by atoms with Crippen LogP contribution in [0, 0.1) is 0 Å². The zero-order chi connectivity index (χ0) is 25.2. The number of para-hydroxylation sites is 2. The number of nitrogens with one attached hydrogen (secondary N) is 2. The molecule has 0 unspecified atom stereocenters. The summed E-state index contributed by atoms with van der Waals surface area (Å²) in [4.78, 5) is 26.3. The molecular formula is C30H38N2O2. The van der Waals surface area contributed by atoms with Crippen molar-refractivity contribution in [3.63, 3.8) is 0 Å². The van der Waals surface area contributed by atoms with Crippen LogP contribution in [-0.2, 0) is 9.59 Å². The second kappa shape index (κ2) is 10.4. The minimum atomic E-state index is -0.205. The molecule has 0 fully saturated rings. The van der Waals surface area contributed by atoms with E-state index in [0.29, 0.717) is 11.4 Å². The van der Waals surface area contributed by atoms with Crippen molar-refractivity contribution in [2.45, 2.75) is 79.1 Å². The Labute approximate surface area is 204 Å². The standard InChI is InChI=1S/C30H38N2O2/c1-17(2)21-11-9-12-22(18(3)4)29(21)31-25-15-28(34)26(16-27(25)33)32-30-23(19(5)6)13-10-14-24(30)20(7)8/h9-20,31-32H,1-8H3. The van der Waals surface area contributed by atoms with E-state index in [9.17, 15) is 9.59 Å². The summed E-state index contributed by atoms with van der Waals surface area (Å²) in [5.41, 5.74) is 7.01. The molecule has 2 aromatic carbocycles. The SMILES string of the molecule is CC(C)c1cccc(C(C)C)c1NC1=CC(=O)C(Nc2c(C(C)C)cccc2C(C)C)=CC1=O. The van der Waals surface area contributed by atoms with Crippen LogP contribution < -0.4 is 10.6 Å². The van der Waals surface area contributed by atoms with Gasteiger partial charge in [0.25, 0.3) is 0 Å². The summed E-state index contributed by atoms with van der Waals surface area (Å²) in [5.74, 6) is 0.723. The van der Waals surface area contributed by atoms with Crippen molar-refractivity contribution < 1.29 is 9.59 Å². The number of carbonyl (C=O) groups excluding carboxylic acids is 2. The molecule has 3 rings (SSSR count). The fourth-order valence-electron chi connectivity index (χ4n) is 4.42. The van der Waals surface area contributed by atoms with Gasteiger partial charge in [0.2, 0.25) is 11.6 Å². The third-order valence-corrected chi connectivity index (χ3v) is 6.35. The van der Waals surface area contributed by atoms with Crippen molar-refractivity contribution in [2.75, 3.05) is 10.6 Å². The molecule has 0 bridgehead atoms. The molecule has 1 aliphatic carbocycles. The van der Waals surface area contributed by atoms with Gasteiger partial charge in [0.05, 0.1) is 11.4 Å². The van der Waals surface area contributed by atoms with Gasteiger partial charge in [-0.05, 0) is 45.9 Å². The maximum absolute atomic E-state index is 13.1. The smallest absolute Gasteiger partial charge is 0.204 e. The first-order valence-electron chi connectivity index (χ1n) is 12.3. The van der Waals surface area contributed by atoms with Crippen LogP contribution in [0.2, 0.25) is 0 Å². The zero-order valence-corrected chi connectivity index (χ0v) is 21.7. The van der Waals surface area contributed by atoms with E-state index in [2.05, 4.69) is 102 Å². The Bertz CT molecular complexity index is 1010. The van der Waals surface area contributed by atoms with Gasteiger partial charge in [0, 0.05) is 23.5 Å². The van der Waals surface area contributed by atoms with Gasteiger partial charge in [-0.15, -0.1) is 0 Å². The van der Waals surface area contributed by atoms with Crippen molar-refractivity contribution in [3.8, 4) is 0 Å². The van der Waals surface area contributed by atoms with Crippen LogP contribution in [-0.4, -0.2) is 11.6 Å². The molecule has 180 valence electrons. The van der Waals surface area contributed by atoms with Crippen LogP contribution in [0.3, 0.4) is 0 Å². The van der Waals surface area contributed by atoms with Crippen LogP contribution in [0.1, 0.15) is 101 Å². The Kier molecular flexibility index (Phi) is 7.81. The average molecular weight is 459 g/mol. The first-order chi connectivity index (χ1) is 16.0. The normalized spacial score (nSPS) is 14.2. The van der Waals surface area contributed by atoms with Crippen molar-refractivity contribution >= 4 is 22.9 Å². The van der Waals surface area contributed by atoms with Crippen LogP contribution in [0.5, 0.6) is 0 Å². The van der Waals surface area contributed by atoms with Crippen molar-refractivity contribution in [2.24, 2.45) is 0 Å². The number of hydrogen-bond donors (Lipinski definition) is 2. The molecule has 2 aromatic rings. The van der Waals surface area contributed by atoms with E-state index in [0.717, 1.165) is 33.6 Å². The molecule has 4 nitrogen and oxygen atoms in total. The quantitative estimate of drug-likeness (QED) is 0.399. The van der Waals surface area contributed by atoms with E-state index in [4.69, 9.17) is 0 Å². The monoisotopic (exact) mass is 458 g/mol. The van der Waals surface area contributed by atoms with Gasteiger partial charge < -0.3 is 10.6 Å². The zero-order valence-electron chi connectivity index (χ0n) is 21.7. The van der Waals surface area contributed by atoms with Crippen LogP contribution in [0.4, 0.5) is 11.4 Å². The number of anilines is 2. The van der Waals surface area contributed by atoms with Gasteiger partial charge in [-0.3, -0.25) is 9.59 Å². The lowest BCUT2D eigenvalue weighted by molar-refractivity contribution is -0.115. The van der Waals surface area contributed by atoms with Crippen LogP contribution in [0.25, 0.3) is 0 Å². The topological polar surface area (TPSA) is 58.2 Å². The lowest BCUT2D eigenvalue weighted by Crippen LogP contribution is -2.23. The van der Waals surface area contributed by atoms with Gasteiger partial charge in [0.1, 0.15) is 0 Å². The molecule has 0 aliphatic heterocycles. The maximum Gasteiger partial charge on any atom is 0.204 e. The summed E-state index contributed by atoms with van der Waals surface area (Å²) in [6.45, 7) is 17.1. The number of hydrogen-bond acceptors (Lipinski definition) is 4. The van der Waals surface area contributed by atoms with E-state index >= 15 is 0 Å². The molecule has 4 heteroatoms. The first-order valence-corrected chi connectivity index (χ1v) is 12.3. The minimum absolute atomic E-state index is 0.205. The van der Waals surface area contributed by atoms with E-state index < -0.39 is 0 Å². The van der Waals surface area contributed by atoms with E-state index in [1.54, 1.807) is 0 Å². The third kappa shape index (κ3) is 5.32. The average Bonchev–Trinajstić information content (AvgIpc) is 2.76. The van der Waals surface area contributed by atoms with E-state index in [1.807, 2.05) is 0 Å². The fourth-order valence-corrected chi connectivity index (χ4v) is 4.42. The summed E-state index contributed by atoms with van der Waals surface area (Å²) in [7, 11) is 0. The predicted molar refractivity (Wildman–Crippen MR) is 143 cm³/mol. The van der Waals surface area contributed by atoms with Gasteiger partial charge in [-0.2, -0.15) is 0 Å². The molecule has 0 amide bonds. The minimum Gasteiger partial charge on any atom is -0.352 e. The summed E-state index contributed by atoms with van der Waals surface area (Å²) < 4.78 is 0. The van der Waals surface area contributed by atoms with Crippen LogP contribution in [0.15, 0.2) is 59.9 Å². The lowest BCUT2D eigenvalue weighted by Gasteiger charge is -2.24. The summed E-state index contributed by atoms with van der Waals surface area (Å²) in [6.07, 6.45) is 2.86. The highest BCUT2D eigenvalue weighted by Gasteiger charge is 2.25. The largest absolute Gasteiger partial charge is 0.352 e. The number of ketones is 2. The molecular weight excluding hydrogens is 420 g/mol. The van der Waals surface area contributed by atoms with E-state index in [-0.39, 0.29) is 35.2 Å².